The van der Waals surface area contributed by atoms with Crippen LogP contribution in [0.1, 0.15) is 30.7 Å². The van der Waals surface area contributed by atoms with Gasteiger partial charge < -0.3 is 0 Å². The van der Waals surface area contributed by atoms with Crippen LogP contribution in [0.5, 0.6) is 0 Å². The summed E-state index contributed by atoms with van der Waals surface area (Å²) in [6.07, 6.45) is 3.98. The standard InChI is InChI=1S/C9H14N2/c1-4-8-6-10-11-7(3)9(8)5-2/h6H,4-5H2,1-3H3. The van der Waals surface area contributed by atoms with Gasteiger partial charge in [0, 0.05) is 0 Å². The fraction of sp³-hybridized carbons (Fsp3) is 0.556. The summed E-state index contributed by atoms with van der Waals surface area (Å²) in [5.41, 5.74) is 3.77. The van der Waals surface area contributed by atoms with E-state index in [9.17, 15) is 0 Å². The number of hydrogen-bond donors (Lipinski definition) is 0. The van der Waals surface area contributed by atoms with Crippen LogP contribution in [0.3, 0.4) is 0 Å². The van der Waals surface area contributed by atoms with Crippen LogP contribution in [-0.2, 0) is 12.8 Å². The summed E-state index contributed by atoms with van der Waals surface area (Å²) in [5, 5.41) is 7.92. The highest BCUT2D eigenvalue weighted by molar-refractivity contribution is 5.26. The molecule has 0 aliphatic carbocycles. The lowest BCUT2D eigenvalue weighted by molar-refractivity contribution is 0.889. The van der Waals surface area contributed by atoms with Gasteiger partial charge in [-0.2, -0.15) is 10.2 Å². The van der Waals surface area contributed by atoms with Gasteiger partial charge in [-0.05, 0) is 30.9 Å². The smallest absolute Gasteiger partial charge is 0.0634 e. The molecule has 1 heterocycles. The SMILES string of the molecule is CCc1cnnc(C)c1CC. The minimum atomic E-state index is 1.06. The fourth-order valence-corrected chi connectivity index (χ4v) is 1.34. The predicted octanol–water partition coefficient (Wildman–Crippen LogP) is 1.91. The van der Waals surface area contributed by atoms with E-state index in [0.717, 1.165) is 18.5 Å². The van der Waals surface area contributed by atoms with Crippen molar-refractivity contribution in [1.82, 2.24) is 10.2 Å². The predicted molar refractivity (Wildman–Crippen MR) is 45.5 cm³/mol. The van der Waals surface area contributed by atoms with Gasteiger partial charge in [-0.15, -0.1) is 0 Å². The van der Waals surface area contributed by atoms with Crippen molar-refractivity contribution in [2.75, 3.05) is 0 Å². The highest BCUT2D eigenvalue weighted by Crippen LogP contribution is 2.11. The third kappa shape index (κ3) is 1.56. The Morgan fingerprint density at radius 2 is 2.00 bits per heavy atom. The van der Waals surface area contributed by atoms with Crippen molar-refractivity contribution >= 4 is 0 Å². The lowest BCUT2D eigenvalue weighted by Gasteiger charge is -2.05. The zero-order chi connectivity index (χ0) is 8.27. The van der Waals surface area contributed by atoms with Gasteiger partial charge in [0.25, 0.3) is 0 Å². The topological polar surface area (TPSA) is 25.8 Å². The summed E-state index contributed by atoms with van der Waals surface area (Å²) < 4.78 is 0. The lowest BCUT2D eigenvalue weighted by atomic mass is 10.0. The average molecular weight is 150 g/mol. The molecule has 0 spiro atoms. The Morgan fingerprint density at radius 1 is 1.27 bits per heavy atom. The van der Waals surface area contributed by atoms with Crippen molar-refractivity contribution in [3.05, 3.63) is 23.0 Å². The van der Waals surface area contributed by atoms with E-state index in [4.69, 9.17) is 0 Å². The zero-order valence-electron chi connectivity index (χ0n) is 7.39. The molecule has 1 rings (SSSR count). The summed E-state index contributed by atoms with van der Waals surface area (Å²) in [6, 6.07) is 0. The van der Waals surface area contributed by atoms with Crippen molar-refractivity contribution in [3.8, 4) is 0 Å². The van der Waals surface area contributed by atoms with E-state index < -0.39 is 0 Å². The number of hydrogen-bond acceptors (Lipinski definition) is 2. The van der Waals surface area contributed by atoms with Crippen LogP contribution in [0, 0.1) is 6.92 Å². The summed E-state index contributed by atoms with van der Waals surface area (Å²) in [7, 11) is 0. The molecule has 0 saturated heterocycles. The molecule has 0 bridgehead atoms. The Balaban J connectivity index is 3.13. The van der Waals surface area contributed by atoms with Crippen molar-refractivity contribution < 1.29 is 0 Å². The third-order valence-corrected chi connectivity index (χ3v) is 1.98. The van der Waals surface area contributed by atoms with E-state index in [2.05, 4.69) is 24.0 Å². The summed E-state index contributed by atoms with van der Waals surface area (Å²) in [4.78, 5) is 0. The Hall–Kier alpha value is -0.920. The maximum Gasteiger partial charge on any atom is 0.0634 e. The van der Waals surface area contributed by atoms with Crippen LogP contribution in [-0.4, -0.2) is 10.2 Å². The molecule has 0 aromatic carbocycles. The molecule has 11 heavy (non-hydrogen) atoms. The van der Waals surface area contributed by atoms with Crippen LogP contribution in [0.25, 0.3) is 0 Å². The summed E-state index contributed by atoms with van der Waals surface area (Å²) >= 11 is 0. The van der Waals surface area contributed by atoms with Gasteiger partial charge in [-0.25, -0.2) is 0 Å². The Bertz CT molecular complexity index is 243. The quantitative estimate of drug-likeness (QED) is 0.643. The molecule has 0 aliphatic rings. The van der Waals surface area contributed by atoms with Gasteiger partial charge in [0.15, 0.2) is 0 Å². The first kappa shape index (κ1) is 8.18. The maximum absolute atomic E-state index is 4.01. The second kappa shape index (κ2) is 3.46. The molecule has 0 unspecified atom stereocenters. The third-order valence-electron chi connectivity index (χ3n) is 1.98. The fourth-order valence-electron chi connectivity index (χ4n) is 1.34. The van der Waals surface area contributed by atoms with E-state index in [1.165, 1.54) is 11.1 Å². The van der Waals surface area contributed by atoms with E-state index in [1.54, 1.807) is 0 Å². The van der Waals surface area contributed by atoms with Crippen LogP contribution >= 0.6 is 0 Å². The zero-order valence-corrected chi connectivity index (χ0v) is 7.39. The molecule has 0 amide bonds. The van der Waals surface area contributed by atoms with E-state index in [0.29, 0.717) is 0 Å². The van der Waals surface area contributed by atoms with Crippen LogP contribution in [0.2, 0.25) is 0 Å². The minimum absolute atomic E-state index is 1.06. The van der Waals surface area contributed by atoms with E-state index in [1.807, 2.05) is 13.1 Å². The summed E-state index contributed by atoms with van der Waals surface area (Å²) in [6.45, 7) is 6.32. The highest BCUT2D eigenvalue weighted by atomic mass is 15.1. The Labute approximate surface area is 67.7 Å². The number of nitrogens with zero attached hydrogens (tertiary/aromatic N) is 2. The molecule has 0 N–H and O–H groups in total. The van der Waals surface area contributed by atoms with Crippen LogP contribution in [0.15, 0.2) is 6.20 Å². The molecular weight excluding hydrogens is 136 g/mol. The van der Waals surface area contributed by atoms with Crippen molar-refractivity contribution in [2.45, 2.75) is 33.6 Å². The van der Waals surface area contributed by atoms with Crippen molar-refractivity contribution in [1.29, 1.82) is 0 Å². The van der Waals surface area contributed by atoms with Gasteiger partial charge in [-0.1, -0.05) is 13.8 Å². The van der Waals surface area contributed by atoms with Gasteiger partial charge in [0.05, 0.1) is 11.9 Å². The second-order valence-electron chi connectivity index (χ2n) is 2.64. The normalized spacial score (nSPS) is 10.1. The number of aromatic nitrogens is 2. The second-order valence-corrected chi connectivity index (χ2v) is 2.64. The first-order valence-corrected chi connectivity index (χ1v) is 4.09. The molecule has 0 aliphatic heterocycles. The average Bonchev–Trinajstić information content (AvgIpc) is 2.04. The first-order chi connectivity index (χ1) is 5.29. The molecule has 60 valence electrons. The Morgan fingerprint density at radius 3 is 2.45 bits per heavy atom. The van der Waals surface area contributed by atoms with Crippen LogP contribution < -0.4 is 0 Å². The van der Waals surface area contributed by atoms with Crippen LogP contribution in [0.4, 0.5) is 0 Å². The molecule has 0 saturated carbocycles. The van der Waals surface area contributed by atoms with Gasteiger partial charge in [0.1, 0.15) is 0 Å². The molecule has 2 nitrogen and oxygen atoms in total. The van der Waals surface area contributed by atoms with Crippen molar-refractivity contribution in [2.24, 2.45) is 0 Å². The summed E-state index contributed by atoms with van der Waals surface area (Å²) in [5.74, 6) is 0. The highest BCUT2D eigenvalue weighted by Gasteiger charge is 2.02. The first-order valence-electron chi connectivity index (χ1n) is 4.09. The minimum Gasteiger partial charge on any atom is -0.159 e. The van der Waals surface area contributed by atoms with Gasteiger partial charge in [0.2, 0.25) is 0 Å². The molecule has 0 fully saturated rings. The lowest BCUT2D eigenvalue weighted by Crippen LogP contribution is -1.99. The molecule has 1 aromatic rings. The number of aryl methyl sites for hydroxylation is 2. The molecule has 2 heteroatoms. The van der Waals surface area contributed by atoms with E-state index in [-0.39, 0.29) is 0 Å². The van der Waals surface area contributed by atoms with Gasteiger partial charge in [-0.3, -0.25) is 0 Å². The molecule has 1 aromatic heterocycles. The molecular formula is C9H14N2. The largest absolute Gasteiger partial charge is 0.159 e. The maximum atomic E-state index is 4.01. The van der Waals surface area contributed by atoms with E-state index >= 15 is 0 Å². The van der Waals surface area contributed by atoms with Crippen molar-refractivity contribution in [3.63, 3.8) is 0 Å². The molecule has 0 atom stereocenters. The van der Waals surface area contributed by atoms with Gasteiger partial charge >= 0.3 is 0 Å². The molecule has 0 radical (unpaired) electrons. The Kier molecular flexibility index (Phi) is 2.58. The monoisotopic (exact) mass is 150 g/mol. The number of rotatable bonds is 2.